The molecule has 0 N–H and O–H groups in total. The number of aromatic nitrogens is 3. The smallest absolute Gasteiger partial charge is 0.180 e. The predicted octanol–water partition coefficient (Wildman–Crippen LogP) is 14.0. The van der Waals surface area contributed by atoms with Gasteiger partial charge >= 0.3 is 0 Å². The average Bonchev–Trinajstić information content (AvgIpc) is 4.08. The second-order valence-corrected chi connectivity index (χ2v) is 22.2. The summed E-state index contributed by atoms with van der Waals surface area (Å²) in [4.78, 5) is 0. The van der Waals surface area contributed by atoms with Crippen LogP contribution in [0.25, 0.3) is 93.6 Å². The van der Waals surface area contributed by atoms with Gasteiger partial charge in [0.05, 0.1) is 38.8 Å². The second kappa shape index (κ2) is 16.1. The van der Waals surface area contributed by atoms with Crippen LogP contribution in [0.15, 0.2) is 273 Å². The fourth-order valence-electron chi connectivity index (χ4n) is 11.9. The maximum Gasteiger partial charge on any atom is 0.180 e. The number of hydrogen-bond donors (Lipinski definition) is 0. The highest BCUT2D eigenvalue weighted by Crippen LogP contribution is 2.42. The van der Waals surface area contributed by atoms with Crippen molar-refractivity contribution in [3.63, 3.8) is 0 Å². The minimum absolute atomic E-state index is 1.11. The Labute approximate surface area is 407 Å². The van der Waals surface area contributed by atoms with Crippen LogP contribution in [-0.4, -0.2) is 21.8 Å². The van der Waals surface area contributed by atoms with Crippen molar-refractivity contribution in [3.05, 3.63) is 273 Å². The first-order chi connectivity index (χ1) is 34.8. The van der Waals surface area contributed by atoms with Gasteiger partial charge in [0.2, 0.25) is 0 Å². The van der Waals surface area contributed by atoms with E-state index in [4.69, 9.17) is 0 Å². The van der Waals surface area contributed by atoms with Crippen LogP contribution in [0.4, 0.5) is 0 Å². The summed E-state index contributed by atoms with van der Waals surface area (Å²) in [5.74, 6) is 0. The van der Waals surface area contributed by atoms with Gasteiger partial charge in [0.25, 0.3) is 0 Å². The molecule has 14 rings (SSSR count). The lowest BCUT2D eigenvalue weighted by Crippen LogP contribution is -2.74. The van der Waals surface area contributed by atoms with Crippen molar-refractivity contribution in [2.75, 3.05) is 0 Å². The van der Waals surface area contributed by atoms with Gasteiger partial charge in [0.15, 0.2) is 8.07 Å². The molecule has 3 heterocycles. The third kappa shape index (κ3) is 5.94. The van der Waals surface area contributed by atoms with E-state index in [9.17, 15) is 0 Å². The Morgan fingerprint density at radius 2 is 0.671 bits per heavy atom. The fraction of sp³-hybridized carbons (Fsp3) is 0. The molecule has 4 heteroatoms. The van der Waals surface area contributed by atoms with E-state index in [-0.39, 0.29) is 0 Å². The third-order valence-electron chi connectivity index (χ3n) is 14.8. The largest absolute Gasteiger partial charge is 0.309 e. The van der Waals surface area contributed by atoms with Gasteiger partial charge in [-0.15, -0.1) is 0 Å². The lowest BCUT2D eigenvalue weighted by molar-refractivity contribution is 1.15. The maximum absolute atomic E-state index is 2.91. The fourth-order valence-corrected chi connectivity index (χ4v) is 16.9. The molecule has 70 heavy (non-hydrogen) atoms. The molecule has 3 nitrogen and oxygen atoms in total. The van der Waals surface area contributed by atoms with Gasteiger partial charge in [0, 0.05) is 43.7 Å². The molecule has 328 valence electrons. The van der Waals surface area contributed by atoms with Crippen molar-refractivity contribution >= 4 is 94.2 Å². The first-order valence-electron chi connectivity index (χ1n) is 24.2. The monoisotopic (exact) mass is 907 g/mol. The Morgan fingerprint density at radius 1 is 0.243 bits per heavy atom. The molecule has 0 radical (unpaired) electrons. The molecule has 0 unspecified atom stereocenters. The zero-order valence-corrected chi connectivity index (χ0v) is 39.3. The van der Waals surface area contributed by atoms with E-state index in [1.165, 1.54) is 86.3 Å². The predicted molar refractivity (Wildman–Crippen MR) is 299 cm³/mol. The summed E-state index contributed by atoms with van der Waals surface area (Å²) in [7, 11) is -2.91. The molecule has 0 amide bonds. The number of para-hydroxylation sites is 3. The van der Waals surface area contributed by atoms with E-state index >= 15 is 0 Å². The van der Waals surface area contributed by atoms with Crippen molar-refractivity contribution in [3.8, 4) is 28.2 Å². The van der Waals surface area contributed by atoms with Gasteiger partial charge in [-0.2, -0.15) is 0 Å². The van der Waals surface area contributed by atoms with Gasteiger partial charge in [-0.1, -0.05) is 212 Å². The van der Waals surface area contributed by atoms with Gasteiger partial charge < -0.3 is 13.7 Å². The first-order valence-corrected chi connectivity index (χ1v) is 26.2. The molecule has 3 aromatic heterocycles. The third-order valence-corrected chi connectivity index (χ3v) is 19.6. The first kappa shape index (κ1) is 40.1. The lowest BCUT2D eigenvalue weighted by atomic mass is 10.1. The average molecular weight is 908 g/mol. The SMILES string of the molecule is c1ccc(-c2cccc(-n3c4cc(-n5c6ccccc6c6c([Si](c7ccccc7)(c7ccccc7)c7ccccc7)cccc65)ccc4c4c(-n5c6ccccc6c6ccccc65)cccc43)c2)cc1. The number of benzene rings is 11. The van der Waals surface area contributed by atoms with Gasteiger partial charge in [-0.25, -0.2) is 0 Å². The summed E-state index contributed by atoms with van der Waals surface area (Å²) in [6.45, 7) is 0. The molecule has 0 aliphatic rings. The lowest BCUT2D eigenvalue weighted by Gasteiger charge is -2.35. The minimum Gasteiger partial charge on any atom is -0.309 e. The molecular weight excluding hydrogens is 863 g/mol. The molecule has 0 spiro atoms. The highest BCUT2D eigenvalue weighted by Gasteiger charge is 2.43. The van der Waals surface area contributed by atoms with Crippen molar-refractivity contribution in [2.45, 2.75) is 0 Å². The topological polar surface area (TPSA) is 14.8 Å². The van der Waals surface area contributed by atoms with Crippen LogP contribution in [0.3, 0.4) is 0 Å². The highest BCUT2D eigenvalue weighted by atomic mass is 28.3. The molecule has 0 aliphatic heterocycles. The highest BCUT2D eigenvalue weighted by molar-refractivity contribution is 7.20. The zero-order chi connectivity index (χ0) is 46.2. The van der Waals surface area contributed by atoms with Crippen LogP contribution in [-0.2, 0) is 0 Å². The van der Waals surface area contributed by atoms with Gasteiger partial charge in [0.1, 0.15) is 0 Å². The minimum atomic E-state index is -2.91. The Balaban J connectivity index is 1.08. The molecule has 0 saturated carbocycles. The van der Waals surface area contributed by atoms with Crippen LogP contribution < -0.4 is 20.7 Å². The zero-order valence-electron chi connectivity index (χ0n) is 38.3. The van der Waals surface area contributed by atoms with E-state index in [2.05, 4.69) is 287 Å². The van der Waals surface area contributed by atoms with Crippen molar-refractivity contribution in [1.82, 2.24) is 13.7 Å². The number of nitrogens with zero attached hydrogens (tertiary/aromatic N) is 3. The summed E-state index contributed by atoms with van der Waals surface area (Å²) in [6, 6.07) is 101. The molecule has 0 bridgehead atoms. The van der Waals surface area contributed by atoms with Crippen molar-refractivity contribution < 1.29 is 0 Å². The van der Waals surface area contributed by atoms with E-state index < -0.39 is 8.07 Å². The Kier molecular flexibility index (Phi) is 9.23. The Morgan fingerprint density at radius 3 is 1.29 bits per heavy atom. The molecule has 0 saturated heterocycles. The van der Waals surface area contributed by atoms with Gasteiger partial charge in [-0.05, 0) is 92.5 Å². The number of hydrogen-bond acceptors (Lipinski definition) is 0. The van der Waals surface area contributed by atoms with Crippen LogP contribution >= 0.6 is 0 Å². The summed E-state index contributed by atoms with van der Waals surface area (Å²) < 4.78 is 7.49. The normalized spacial score (nSPS) is 12.0. The second-order valence-electron chi connectivity index (χ2n) is 18.4. The summed E-state index contributed by atoms with van der Waals surface area (Å²) >= 11 is 0. The van der Waals surface area contributed by atoms with E-state index in [0.29, 0.717) is 0 Å². The van der Waals surface area contributed by atoms with E-state index in [1.54, 1.807) is 0 Å². The van der Waals surface area contributed by atoms with Crippen molar-refractivity contribution in [2.24, 2.45) is 0 Å². The number of rotatable bonds is 8. The molecule has 0 fully saturated rings. The standard InChI is InChI=1S/C66H45N3Si/c1-5-22-46(23-6-1)47-24-19-25-48(44-47)68-60-38-20-39-61(69-57-35-16-13-32-53(57)54-33-14-17-36-58(54)69)65(60)56-43-42-49(45-63(56)68)67-59-37-18-15-34-55(59)66-62(67)40-21-41-64(66)70(50-26-7-2-8-27-50,51-28-9-3-10-29-51)52-30-11-4-12-31-52/h1-45H. The number of fused-ring (bicyclic) bond motifs is 9. The quantitative estimate of drug-likeness (QED) is 0.107. The van der Waals surface area contributed by atoms with Gasteiger partial charge in [-0.3, -0.25) is 0 Å². The molecule has 14 aromatic rings. The maximum atomic E-state index is 2.52. The molecule has 11 aromatic carbocycles. The Bertz CT molecular complexity index is 4130. The molecule has 0 atom stereocenters. The molecule has 0 aliphatic carbocycles. The van der Waals surface area contributed by atoms with Crippen LogP contribution in [0, 0.1) is 0 Å². The summed E-state index contributed by atoms with van der Waals surface area (Å²) in [6.07, 6.45) is 0. The van der Waals surface area contributed by atoms with E-state index in [1.807, 2.05) is 0 Å². The summed E-state index contributed by atoms with van der Waals surface area (Å²) in [5.41, 5.74) is 12.8. The summed E-state index contributed by atoms with van der Waals surface area (Å²) in [5, 5.41) is 12.9. The van der Waals surface area contributed by atoms with E-state index in [0.717, 1.165) is 28.1 Å². The Hall–Kier alpha value is -8.96. The van der Waals surface area contributed by atoms with Crippen LogP contribution in [0.1, 0.15) is 0 Å². The van der Waals surface area contributed by atoms with Crippen LogP contribution in [0.2, 0.25) is 0 Å². The van der Waals surface area contributed by atoms with Crippen LogP contribution in [0.5, 0.6) is 0 Å². The van der Waals surface area contributed by atoms with Crippen molar-refractivity contribution in [1.29, 1.82) is 0 Å². The molecular formula is C66H45N3Si.